The van der Waals surface area contributed by atoms with Crippen molar-refractivity contribution in [1.29, 1.82) is 0 Å². The van der Waals surface area contributed by atoms with E-state index in [-0.39, 0.29) is 11.8 Å². The van der Waals surface area contributed by atoms with Crippen molar-refractivity contribution in [2.45, 2.75) is 25.8 Å². The molecule has 1 saturated carbocycles. The van der Waals surface area contributed by atoms with Crippen molar-refractivity contribution in [3.8, 4) is 0 Å². The standard InChI is InChI=1S/C14H17N3O/c1-17-9-16-12-7-10(5-6-13(12)17)8-15-14(18)11-3-2-4-11/h5-7,9,11H,2-4,8H2,1H3,(H,15,18). The van der Waals surface area contributed by atoms with Crippen LogP contribution in [-0.2, 0) is 18.4 Å². The number of aromatic nitrogens is 2. The van der Waals surface area contributed by atoms with Gasteiger partial charge in [0.1, 0.15) is 0 Å². The van der Waals surface area contributed by atoms with Gasteiger partial charge >= 0.3 is 0 Å². The molecule has 1 heterocycles. The summed E-state index contributed by atoms with van der Waals surface area (Å²) >= 11 is 0. The summed E-state index contributed by atoms with van der Waals surface area (Å²) in [5.74, 6) is 0.450. The molecule has 2 aromatic rings. The molecule has 0 unspecified atom stereocenters. The van der Waals surface area contributed by atoms with E-state index in [4.69, 9.17) is 0 Å². The van der Waals surface area contributed by atoms with E-state index in [0.717, 1.165) is 29.4 Å². The lowest BCUT2D eigenvalue weighted by Crippen LogP contribution is -2.33. The molecule has 4 heteroatoms. The number of hydrogen-bond acceptors (Lipinski definition) is 2. The molecule has 1 N–H and O–H groups in total. The molecule has 18 heavy (non-hydrogen) atoms. The van der Waals surface area contributed by atoms with Gasteiger partial charge in [-0.25, -0.2) is 4.98 Å². The predicted molar refractivity (Wildman–Crippen MR) is 69.9 cm³/mol. The van der Waals surface area contributed by atoms with Crippen LogP contribution in [-0.4, -0.2) is 15.5 Å². The number of imidazole rings is 1. The van der Waals surface area contributed by atoms with Gasteiger partial charge in [0.05, 0.1) is 17.4 Å². The van der Waals surface area contributed by atoms with E-state index in [1.54, 1.807) is 6.33 Å². The third-order valence-electron chi connectivity index (χ3n) is 3.73. The second-order valence-electron chi connectivity index (χ2n) is 5.02. The third kappa shape index (κ3) is 1.98. The molecule has 1 aliphatic rings. The minimum Gasteiger partial charge on any atom is -0.352 e. The van der Waals surface area contributed by atoms with Gasteiger partial charge in [-0.1, -0.05) is 12.5 Å². The molecule has 3 rings (SSSR count). The average molecular weight is 243 g/mol. The minimum atomic E-state index is 0.197. The molecule has 1 fully saturated rings. The molecule has 0 spiro atoms. The van der Waals surface area contributed by atoms with Gasteiger partial charge in [-0.15, -0.1) is 0 Å². The Morgan fingerprint density at radius 1 is 1.50 bits per heavy atom. The number of amides is 1. The van der Waals surface area contributed by atoms with E-state index in [1.165, 1.54) is 6.42 Å². The topological polar surface area (TPSA) is 46.9 Å². The maximum Gasteiger partial charge on any atom is 0.223 e. The highest BCUT2D eigenvalue weighted by Gasteiger charge is 2.24. The van der Waals surface area contributed by atoms with E-state index in [2.05, 4.69) is 10.3 Å². The highest BCUT2D eigenvalue weighted by molar-refractivity contribution is 5.80. The molecule has 0 saturated heterocycles. The monoisotopic (exact) mass is 243 g/mol. The van der Waals surface area contributed by atoms with Crippen LogP contribution in [0.1, 0.15) is 24.8 Å². The van der Waals surface area contributed by atoms with Crippen LogP contribution in [0.5, 0.6) is 0 Å². The summed E-state index contributed by atoms with van der Waals surface area (Å²) in [6.07, 6.45) is 5.09. The van der Waals surface area contributed by atoms with E-state index in [0.29, 0.717) is 6.54 Å². The van der Waals surface area contributed by atoms with Crippen LogP contribution >= 0.6 is 0 Å². The SMILES string of the molecule is Cn1cnc2cc(CNC(=O)C3CCC3)ccc21. The summed E-state index contributed by atoms with van der Waals surface area (Å²) in [6.45, 7) is 0.599. The molecule has 94 valence electrons. The Kier molecular flexibility index (Phi) is 2.78. The number of nitrogens with one attached hydrogen (secondary N) is 1. The van der Waals surface area contributed by atoms with Gasteiger partial charge in [0, 0.05) is 19.5 Å². The normalized spacial score (nSPS) is 15.6. The van der Waals surface area contributed by atoms with Crippen molar-refractivity contribution in [3.05, 3.63) is 30.1 Å². The van der Waals surface area contributed by atoms with Crippen molar-refractivity contribution in [2.24, 2.45) is 13.0 Å². The number of rotatable bonds is 3. The second kappa shape index (κ2) is 4.44. The highest BCUT2D eigenvalue weighted by Crippen LogP contribution is 2.26. The molecular formula is C14H17N3O. The number of aryl methyl sites for hydroxylation is 1. The Hall–Kier alpha value is -1.84. The van der Waals surface area contributed by atoms with Crippen molar-refractivity contribution in [3.63, 3.8) is 0 Å². The summed E-state index contributed by atoms with van der Waals surface area (Å²) < 4.78 is 1.99. The van der Waals surface area contributed by atoms with Gasteiger partial charge in [0.25, 0.3) is 0 Å². The van der Waals surface area contributed by atoms with E-state index in [1.807, 2.05) is 29.8 Å². The Morgan fingerprint density at radius 3 is 3.06 bits per heavy atom. The summed E-state index contributed by atoms with van der Waals surface area (Å²) in [6, 6.07) is 6.13. The zero-order chi connectivity index (χ0) is 12.5. The van der Waals surface area contributed by atoms with Gasteiger partial charge in [-0.2, -0.15) is 0 Å². The van der Waals surface area contributed by atoms with Gasteiger partial charge in [-0.3, -0.25) is 4.79 Å². The number of fused-ring (bicyclic) bond motifs is 1. The van der Waals surface area contributed by atoms with Gasteiger partial charge in [0.15, 0.2) is 0 Å². The number of carbonyl (C=O) groups excluding carboxylic acids is 1. The molecular weight excluding hydrogens is 226 g/mol. The zero-order valence-corrected chi connectivity index (χ0v) is 10.5. The van der Waals surface area contributed by atoms with Crippen LogP contribution in [0.15, 0.2) is 24.5 Å². The Labute approximate surface area is 106 Å². The minimum absolute atomic E-state index is 0.197. The summed E-state index contributed by atoms with van der Waals surface area (Å²) in [5.41, 5.74) is 3.20. The molecule has 0 atom stereocenters. The molecule has 0 aliphatic heterocycles. The van der Waals surface area contributed by atoms with Crippen LogP contribution in [0, 0.1) is 5.92 Å². The molecule has 1 aliphatic carbocycles. The molecule has 1 aromatic heterocycles. The van der Waals surface area contributed by atoms with Crippen molar-refractivity contribution in [2.75, 3.05) is 0 Å². The van der Waals surface area contributed by atoms with Crippen LogP contribution < -0.4 is 5.32 Å². The quantitative estimate of drug-likeness (QED) is 0.896. The highest BCUT2D eigenvalue weighted by atomic mass is 16.1. The molecule has 0 radical (unpaired) electrons. The molecule has 0 bridgehead atoms. The van der Waals surface area contributed by atoms with Crippen LogP contribution in [0.25, 0.3) is 11.0 Å². The third-order valence-corrected chi connectivity index (χ3v) is 3.73. The van der Waals surface area contributed by atoms with Gasteiger partial charge in [-0.05, 0) is 30.5 Å². The van der Waals surface area contributed by atoms with Crippen LogP contribution in [0.3, 0.4) is 0 Å². The smallest absolute Gasteiger partial charge is 0.223 e. The van der Waals surface area contributed by atoms with Crippen molar-refractivity contribution >= 4 is 16.9 Å². The lowest BCUT2D eigenvalue weighted by Gasteiger charge is -2.24. The predicted octanol–water partition coefficient (Wildman–Crippen LogP) is 1.99. The Balaban J connectivity index is 1.68. The fourth-order valence-corrected chi connectivity index (χ4v) is 2.30. The number of carbonyl (C=O) groups is 1. The molecule has 4 nitrogen and oxygen atoms in total. The first-order valence-electron chi connectivity index (χ1n) is 6.42. The first kappa shape index (κ1) is 11.3. The number of benzene rings is 1. The fourth-order valence-electron chi connectivity index (χ4n) is 2.30. The average Bonchev–Trinajstić information content (AvgIpc) is 2.66. The second-order valence-corrected chi connectivity index (χ2v) is 5.02. The lowest BCUT2D eigenvalue weighted by atomic mass is 9.85. The molecule has 1 aromatic carbocycles. The fraction of sp³-hybridized carbons (Fsp3) is 0.429. The first-order chi connectivity index (χ1) is 8.74. The van der Waals surface area contributed by atoms with E-state index in [9.17, 15) is 4.79 Å². The lowest BCUT2D eigenvalue weighted by molar-refractivity contribution is -0.127. The van der Waals surface area contributed by atoms with Gasteiger partial charge in [0.2, 0.25) is 5.91 Å². The van der Waals surface area contributed by atoms with E-state index < -0.39 is 0 Å². The largest absolute Gasteiger partial charge is 0.352 e. The Bertz CT molecular complexity index is 584. The number of nitrogens with zero attached hydrogens (tertiary/aromatic N) is 2. The number of hydrogen-bond donors (Lipinski definition) is 1. The van der Waals surface area contributed by atoms with Crippen LogP contribution in [0.4, 0.5) is 0 Å². The van der Waals surface area contributed by atoms with Crippen molar-refractivity contribution < 1.29 is 4.79 Å². The van der Waals surface area contributed by atoms with Gasteiger partial charge < -0.3 is 9.88 Å². The van der Waals surface area contributed by atoms with Crippen LogP contribution in [0.2, 0.25) is 0 Å². The maximum absolute atomic E-state index is 11.7. The first-order valence-corrected chi connectivity index (χ1v) is 6.42. The zero-order valence-electron chi connectivity index (χ0n) is 10.5. The molecule has 1 amide bonds. The summed E-state index contributed by atoms with van der Waals surface area (Å²) in [5, 5.41) is 3.00. The van der Waals surface area contributed by atoms with E-state index >= 15 is 0 Å². The Morgan fingerprint density at radius 2 is 2.33 bits per heavy atom. The summed E-state index contributed by atoms with van der Waals surface area (Å²) in [7, 11) is 1.98. The maximum atomic E-state index is 11.7. The summed E-state index contributed by atoms with van der Waals surface area (Å²) in [4.78, 5) is 16.1. The van der Waals surface area contributed by atoms with Crippen molar-refractivity contribution in [1.82, 2.24) is 14.9 Å².